The van der Waals surface area contributed by atoms with Gasteiger partial charge in [-0.25, -0.2) is 13.8 Å². The molecule has 178 valence electrons. The molecule has 0 fully saturated rings. The Bertz CT molecular complexity index is 1560. The van der Waals surface area contributed by atoms with Crippen LogP contribution >= 0.6 is 0 Å². The number of imidazole rings is 1. The van der Waals surface area contributed by atoms with Gasteiger partial charge in [0.15, 0.2) is 0 Å². The first-order valence-corrected chi connectivity index (χ1v) is 11.0. The first-order valence-electron chi connectivity index (χ1n) is 11.0. The van der Waals surface area contributed by atoms with E-state index in [-0.39, 0.29) is 22.5 Å². The Morgan fingerprint density at radius 3 is 2.42 bits per heavy atom. The summed E-state index contributed by atoms with van der Waals surface area (Å²) in [4.78, 5) is 25.0. The zero-order chi connectivity index (χ0) is 25.1. The highest BCUT2D eigenvalue weighted by atomic mass is 19.1. The number of pyridine rings is 1. The Morgan fingerprint density at radius 1 is 0.917 bits per heavy atom. The van der Waals surface area contributed by atoms with Crippen molar-refractivity contribution in [2.24, 2.45) is 0 Å². The Morgan fingerprint density at radius 2 is 1.69 bits per heavy atom. The molecule has 0 unspecified atom stereocenters. The molecule has 2 aromatic heterocycles. The third kappa shape index (κ3) is 4.83. The average Bonchev–Trinajstić information content (AvgIpc) is 3.31. The van der Waals surface area contributed by atoms with E-state index >= 15 is 0 Å². The Kier molecular flexibility index (Phi) is 6.23. The van der Waals surface area contributed by atoms with Crippen LogP contribution in [-0.4, -0.2) is 25.8 Å². The van der Waals surface area contributed by atoms with Crippen molar-refractivity contribution < 1.29 is 23.4 Å². The van der Waals surface area contributed by atoms with E-state index in [1.807, 2.05) is 12.1 Å². The molecule has 5 aromatic rings. The van der Waals surface area contributed by atoms with E-state index in [9.17, 15) is 18.7 Å². The predicted octanol–water partition coefficient (Wildman–Crippen LogP) is 6.12. The zero-order valence-electron chi connectivity index (χ0n) is 18.8. The number of H-pyrrole nitrogens is 1. The molecule has 5 rings (SSSR count). The number of carbonyl (C=O) groups is 1. The van der Waals surface area contributed by atoms with E-state index < -0.39 is 23.2 Å². The molecule has 0 atom stereocenters. The number of fused-ring (bicyclic) bond motifs is 1. The van der Waals surface area contributed by atoms with Gasteiger partial charge in [0.05, 0.1) is 11.0 Å². The lowest BCUT2D eigenvalue weighted by Crippen LogP contribution is -2.07. The maximum Gasteiger partial charge on any atom is 0.200 e. The molecule has 8 heteroatoms. The number of allylic oxidation sites excluding steroid dienone is 1. The Balaban J connectivity index is 1.57. The maximum absolute atomic E-state index is 13.9. The zero-order valence-corrected chi connectivity index (χ0v) is 18.8. The van der Waals surface area contributed by atoms with Crippen molar-refractivity contribution in [1.82, 2.24) is 15.0 Å². The number of hydrogen-bond donors (Lipinski definition) is 2. The van der Waals surface area contributed by atoms with Gasteiger partial charge in [0.1, 0.15) is 41.1 Å². The van der Waals surface area contributed by atoms with Crippen molar-refractivity contribution >= 4 is 28.1 Å². The topological polar surface area (TPSA) is 88.1 Å². The van der Waals surface area contributed by atoms with Crippen LogP contribution in [0.25, 0.3) is 22.4 Å². The summed E-state index contributed by atoms with van der Waals surface area (Å²) in [7, 11) is 0. The molecule has 0 saturated carbocycles. The van der Waals surface area contributed by atoms with Crippen molar-refractivity contribution in [3.63, 3.8) is 0 Å². The van der Waals surface area contributed by atoms with Crippen LogP contribution in [0, 0.1) is 11.6 Å². The number of benzene rings is 3. The maximum atomic E-state index is 13.9. The number of rotatable bonds is 7. The normalized spacial score (nSPS) is 11.8. The van der Waals surface area contributed by atoms with E-state index in [1.54, 1.807) is 60.9 Å². The summed E-state index contributed by atoms with van der Waals surface area (Å²) >= 11 is 0. The first kappa shape index (κ1) is 22.9. The van der Waals surface area contributed by atoms with Crippen LogP contribution in [0.5, 0.6) is 5.75 Å². The number of aromatic amines is 1. The third-order valence-corrected chi connectivity index (χ3v) is 5.45. The lowest BCUT2D eigenvalue weighted by atomic mass is 9.98. The van der Waals surface area contributed by atoms with E-state index in [2.05, 4.69) is 15.0 Å². The second-order valence-electron chi connectivity index (χ2n) is 7.99. The predicted molar refractivity (Wildman–Crippen MR) is 131 cm³/mol. The van der Waals surface area contributed by atoms with Gasteiger partial charge in [0, 0.05) is 41.2 Å². The largest absolute Gasteiger partial charge is 0.506 e. The molecule has 0 aliphatic rings. The number of carbonyl (C=O) groups excluding carboxylic acids is 1. The number of hydrogen-bond acceptors (Lipinski definition) is 5. The van der Waals surface area contributed by atoms with Gasteiger partial charge in [0.25, 0.3) is 0 Å². The minimum atomic E-state index is -0.886. The average molecular weight is 483 g/mol. The van der Waals surface area contributed by atoms with Crippen LogP contribution in [0.15, 0.2) is 91.3 Å². The van der Waals surface area contributed by atoms with E-state index in [0.717, 1.165) is 17.7 Å². The number of nitrogens with one attached hydrogen (secondary N) is 1. The fourth-order valence-electron chi connectivity index (χ4n) is 3.74. The van der Waals surface area contributed by atoms with Crippen molar-refractivity contribution in [2.45, 2.75) is 6.61 Å². The highest BCUT2D eigenvalue weighted by molar-refractivity contribution is 6.33. The molecular weight excluding hydrogens is 464 g/mol. The molecule has 0 bridgehead atoms. The van der Waals surface area contributed by atoms with Gasteiger partial charge in [-0.2, -0.15) is 0 Å². The fourth-order valence-corrected chi connectivity index (χ4v) is 3.74. The molecule has 36 heavy (non-hydrogen) atoms. The molecule has 2 N–H and O–H groups in total. The molecule has 3 aromatic carbocycles. The fraction of sp³-hybridized carbons (Fsp3) is 0.0357. The number of Topliss-reactive ketones (excluding diaryl/α,β-unsaturated/α-hetero) is 1. The highest BCUT2D eigenvalue weighted by Crippen LogP contribution is 2.30. The molecule has 0 amide bonds. The van der Waals surface area contributed by atoms with Crippen molar-refractivity contribution in [3.8, 4) is 5.75 Å². The molecule has 2 heterocycles. The lowest BCUT2D eigenvalue weighted by Gasteiger charge is -2.09. The molecular formula is C28H19F2N3O3. The minimum Gasteiger partial charge on any atom is -0.506 e. The standard InChI is InChI=1S/C28H19F2N3O3/c29-20-11-19(12-21(30)13-20)27(35)25(26(34)18-6-2-1-3-7-18)28-32-23-9-8-22(14-24(23)33-28)36-16-17-5-4-10-31-15-17/h1-15,35H,16H2,(H,32,33). The molecule has 0 radical (unpaired) electrons. The Hall–Kier alpha value is -4.85. The molecule has 0 aliphatic carbocycles. The van der Waals surface area contributed by atoms with Crippen LogP contribution in [0.1, 0.15) is 27.3 Å². The molecule has 0 aliphatic heterocycles. The SMILES string of the molecule is O=C(C(=C(O)c1cc(F)cc(F)c1)c1nc2ccc(OCc3cccnc3)cc2[nH]1)c1ccccc1. The molecule has 0 saturated heterocycles. The summed E-state index contributed by atoms with van der Waals surface area (Å²) in [6, 6.07) is 19.7. The number of aromatic nitrogens is 3. The van der Waals surface area contributed by atoms with E-state index in [0.29, 0.717) is 29.5 Å². The van der Waals surface area contributed by atoms with Gasteiger partial charge in [-0.1, -0.05) is 36.4 Å². The number of nitrogens with zero attached hydrogens (tertiary/aromatic N) is 2. The monoisotopic (exact) mass is 483 g/mol. The van der Waals surface area contributed by atoms with Gasteiger partial charge < -0.3 is 14.8 Å². The molecule has 0 spiro atoms. The van der Waals surface area contributed by atoms with Crippen molar-refractivity contribution in [3.05, 3.63) is 125 Å². The number of ether oxygens (including phenoxy) is 1. The minimum absolute atomic E-state index is 0.0467. The van der Waals surface area contributed by atoms with Gasteiger partial charge >= 0.3 is 0 Å². The van der Waals surface area contributed by atoms with E-state index in [4.69, 9.17) is 4.74 Å². The summed E-state index contributed by atoms with van der Waals surface area (Å²) in [5.74, 6) is -2.34. The highest BCUT2D eigenvalue weighted by Gasteiger charge is 2.24. The number of aliphatic hydroxyl groups is 1. The molecule has 6 nitrogen and oxygen atoms in total. The summed E-state index contributed by atoms with van der Waals surface area (Å²) in [5.41, 5.74) is 1.82. The summed E-state index contributed by atoms with van der Waals surface area (Å²) in [6.45, 7) is 0.309. The van der Waals surface area contributed by atoms with Crippen LogP contribution in [0.4, 0.5) is 8.78 Å². The second-order valence-corrected chi connectivity index (χ2v) is 7.99. The van der Waals surface area contributed by atoms with Crippen LogP contribution in [0.2, 0.25) is 0 Å². The summed E-state index contributed by atoms with van der Waals surface area (Å²) in [6.07, 6.45) is 3.38. The van der Waals surface area contributed by atoms with Gasteiger partial charge in [-0.3, -0.25) is 9.78 Å². The number of ketones is 1. The van der Waals surface area contributed by atoms with Crippen LogP contribution in [-0.2, 0) is 6.61 Å². The Labute approximate surface area is 204 Å². The summed E-state index contributed by atoms with van der Waals surface area (Å²) in [5, 5.41) is 11.0. The smallest absolute Gasteiger partial charge is 0.200 e. The quantitative estimate of drug-likeness (QED) is 0.165. The van der Waals surface area contributed by atoms with Crippen molar-refractivity contribution in [2.75, 3.05) is 0 Å². The van der Waals surface area contributed by atoms with Gasteiger partial charge in [-0.05, 0) is 30.3 Å². The van der Waals surface area contributed by atoms with Crippen LogP contribution < -0.4 is 4.74 Å². The van der Waals surface area contributed by atoms with Gasteiger partial charge in [0.2, 0.25) is 5.78 Å². The van der Waals surface area contributed by atoms with Crippen LogP contribution in [0.3, 0.4) is 0 Å². The van der Waals surface area contributed by atoms with Crippen molar-refractivity contribution in [1.29, 1.82) is 0 Å². The number of halogens is 2. The second kappa shape index (κ2) is 9.79. The summed E-state index contributed by atoms with van der Waals surface area (Å²) < 4.78 is 33.6. The lowest BCUT2D eigenvalue weighted by molar-refractivity contribution is 0.105. The van der Waals surface area contributed by atoms with E-state index in [1.165, 1.54) is 0 Å². The number of aliphatic hydroxyl groups excluding tert-OH is 1. The van der Waals surface area contributed by atoms with Gasteiger partial charge in [-0.15, -0.1) is 0 Å². The third-order valence-electron chi connectivity index (χ3n) is 5.45. The first-order chi connectivity index (χ1) is 17.5.